The largest absolute Gasteiger partial charge is 0.356 e. The van der Waals surface area contributed by atoms with E-state index in [0.717, 1.165) is 23.9 Å². The van der Waals surface area contributed by atoms with Gasteiger partial charge in [-0.1, -0.05) is 6.07 Å². The number of nitrogens with one attached hydrogen (secondary N) is 1. The summed E-state index contributed by atoms with van der Waals surface area (Å²) in [4.78, 5) is 8.86. The lowest BCUT2D eigenvalue weighted by Gasteiger charge is -2.15. The van der Waals surface area contributed by atoms with Gasteiger partial charge < -0.3 is 9.88 Å². The number of pyridine rings is 1. The second-order valence-electron chi connectivity index (χ2n) is 4.07. The van der Waals surface area contributed by atoms with Crippen LogP contribution in [0, 0.1) is 6.92 Å². The highest BCUT2D eigenvalue weighted by Gasteiger charge is 2.13. The Labute approximate surface area is 102 Å². The second kappa shape index (κ2) is 4.99. The molecule has 0 saturated carbocycles. The maximum Gasteiger partial charge on any atom is 0.203 e. The third kappa shape index (κ3) is 2.46. The van der Waals surface area contributed by atoms with E-state index in [0.29, 0.717) is 0 Å². The third-order valence-electron chi connectivity index (χ3n) is 2.72. The molecule has 4 nitrogen and oxygen atoms in total. The fraction of sp³-hybridized carbons (Fsp3) is 0.385. The number of hydrogen-bond acceptors (Lipinski definition) is 3. The summed E-state index contributed by atoms with van der Waals surface area (Å²) >= 11 is 0. The molecule has 0 spiro atoms. The van der Waals surface area contributed by atoms with Crippen molar-refractivity contribution in [3.63, 3.8) is 0 Å². The van der Waals surface area contributed by atoms with Gasteiger partial charge in [0.2, 0.25) is 5.95 Å². The number of nitrogens with zero attached hydrogens (tertiary/aromatic N) is 3. The molecule has 1 atom stereocenters. The molecule has 0 aromatic carbocycles. The van der Waals surface area contributed by atoms with Crippen LogP contribution in [0.2, 0.25) is 0 Å². The maximum atomic E-state index is 4.47. The van der Waals surface area contributed by atoms with Crippen LogP contribution in [0.15, 0.2) is 30.6 Å². The van der Waals surface area contributed by atoms with E-state index in [1.54, 1.807) is 0 Å². The van der Waals surface area contributed by atoms with Gasteiger partial charge in [-0.25, -0.2) is 4.98 Å². The van der Waals surface area contributed by atoms with Crippen LogP contribution >= 0.6 is 0 Å². The van der Waals surface area contributed by atoms with Crippen LogP contribution in [0.5, 0.6) is 0 Å². The summed E-state index contributed by atoms with van der Waals surface area (Å²) in [7, 11) is 0. The molecule has 0 amide bonds. The van der Waals surface area contributed by atoms with Crippen LogP contribution in [0.4, 0.5) is 5.95 Å². The zero-order chi connectivity index (χ0) is 12.3. The molecule has 2 aromatic rings. The third-order valence-corrected chi connectivity index (χ3v) is 2.72. The molecule has 0 aliphatic rings. The van der Waals surface area contributed by atoms with E-state index in [-0.39, 0.29) is 6.04 Å². The van der Waals surface area contributed by atoms with Gasteiger partial charge in [0.05, 0.1) is 17.4 Å². The maximum absolute atomic E-state index is 4.47. The Morgan fingerprint density at radius 2 is 2.24 bits per heavy atom. The first-order chi connectivity index (χ1) is 8.22. The normalized spacial score (nSPS) is 12.4. The van der Waals surface area contributed by atoms with Crippen molar-refractivity contribution >= 4 is 5.95 Å². The molecule has 0 fully saturated rings. The first kappa shape index (κ1) is 11.6. The Kier molecular flexibility index (Phi) is 3.42. The summed E-state index contributed by atoms with van der Waals surface area (Å²) in [5.74, 6) is 0.906. The minimum atomic E-state index is 0.187. The molecule has 0 bridgehead atoms. The Morgan fingerprint density at radius 3 is 2.88 bits per heavy atom. The number of rotatable bonds is 4. The zero-order valence-electron chi connectivity index (χ0n) is 10.5. The van der Waals surface area contributed by atoms with Crippen molar-refractivity contribution < 1.29 is 0 Å². The van der Waals surface area contributed by atoms with E-state index in [1.807, 2.05) is 31.3 Å². The van der Waals surface area contributed by atoms with Crippen LogP contribution in [-0.4, -0.2) is 21.1 Å². The highest BCUT2D eigenvalue weighted by Crippen LogP contribution is 2.20. The topological polar surface area (TPSA) is 42.7 Å². The monoisotopic (exact) mass is 230 g/mol. The van der Waals surface area contributed by atoms with Crippen molar-refractivity contribution in [3.8, 4) is 0 Å². The minimum Gasteiger partial charge on any atom is -0.356 e. The van der Waals surface area contributed by atoms with E-state index in [9.17, 15) is 0 Å². The molecule has 2 heterocycles. The first-order valence-electron chi connectivity index (χ1n) is 5.92. The van der Waals surface area contributed by atoms with Crippen molar-refractivity contribution in [2.45, 2.75) is 26.8 Å². The van der Waals surface area contributed by atoms with Crippen molar-refractivity contribution in [1.29, 1.82) is 0 Å². The lowest BCUT2D eigenvalue weighted by molar-refractivity contribution is 0.625. The predicted octanol–water partition coefficient (Wildman–Crippen LogP) is 2.63. The van der Waals surface area contributed by atoms with Gasteiger partial charge in [0.1, 0.15) is 0 Å². The summed E-state index contributed by atoms with van der Waals surface area (Å²) in [6, 6.07) is 6.16. The van der Waals surface area contributed by atoms with Crippen LogP contribution in [-0.2, 0) is 0 Å². The SMILES string of the molecule is CCNc1nc(C)cn1C(C)c1ccccn1. The second-order valence-corrected chi connectivity index (χ2v) is 4.07. The molecule has 4 heteroatoms. The van der Waals surface area contributed by atoms with Gasteiger partial charge in [-0.05, 0) is 32.9 Å². The molecule has 2 aromatic heterocycles. The van der Waals surface area contributed by atoms with Gasteiger partial charge in [0, 0.05) is 18.9 Å². The number of anilines is 1. The van der Waals surface area contributed by atoms with Crippen molar-refractivity contribution in [2.24, 2.45) is 0 Å². The lowest BCUT2D eigenvalue weighted by atomic mass is 10.2. The van der Waals surface area contributed by atoms with E-state index >= 15 is 0 Å². The van der Waals surface area contributed by atoms with Crippen LogP contribution in [0.3, 0.4) is 0 Å². The molecule has 0 radical (unpaired) electrons. The highest BCUT2D eigenvalue weighted by atomic mass is 15.2. The van der Waals surface area contributed by atoms with Gasteiger partial charge in [-0.2, -0.15) is 0 Å². The van der Waals surface area contributed by atoms with Gasteiger partial charge >= 0.3 is 0 Å². The average molecular weight is 230 g/mol. The quantitative estimate of drug-likeness (QED) is 0.878. The molecule has 0 aliphatic carbocycles. The summed E-state index contributed by atoms with van der Waals surface area (Å²) in [6.07, 6.45) is 3.87. The van der Waals surface area contributed by atoms with E-state index in [4.69, 9.17) is 0 Å². The molecular formula is C13H18N4. The standard InChI is InChI=1S/C13H18N4/c1-4-14-13-16-10(2)9-17(13)11(3)12-7-5-6-8-15-12/h5-9,11H,4H2,1-3H3,(H,14,16). The highest BCUT2D eigenvalue weighted by molar-refractivity contribution is 5.31. The Hall–Kier alpha value is -1.84. The van der Waals surface area contributed by atoms with Crippen molar-refractivity contribution in [1.82, 2.24) is 14.5 Å². The Balaban J connectivity index is 2.33. The number of hydrogen-bond donors (Lipinski definition) is 1. The van der Waals surface area contributed by atoms with Gasteiger partial charge in [-0.15, -0.1) is 0 Å². The Bertz CT molecular complexity index is 475. The van der Waals surface area contributed by atoms with Crippen LogP contribution < -0.4 is 5.32 Å². The summed E-state index contributed by atoms with van der Waals surface area (Å²) in [6.45, 7) is 7.07. The van der Waals surface area contributed by atoms with Gasteiger partial charge in [0.25, 0.3) is 0 Å². The molecule has 1 N–H and O–H groups in total. The lowest BCUT2D eigenvalue weighted by Crippen LogP contribution is -2.12. The number of imidazole rings is 1. The predicted molar refractivity (Wildman–Crippen MR) is 69.2 cm³/mol. The van der Waals surface area contributed by atoms with Gasteiger partial charge in [-0.3, -0.25) is 4.98 Å². The molecule has 0 aliphatic heterocycles. The zero-order valence-corrected chi connectivity index (χ0v) is 10.5. The summed E-state index contributed by atoms with van der Waals surface area (Å²) < 4.78 is 2.13. The van der Waals surface area contributed by atoms with Gasteiger partial charge in [0.15, 0.2) is 0 Å². The van der Waals surface area contributed by atoms with Crippen LogP contribution in [0.25, 0.3) is 0 Å². The molecular weight excluding hydrogens is 212 g/mol. The van der Waals surface area contributed by atoms with E-state index in [1.165, 1.54) is 0 Å². The Morgan fingerprint density at radius 1 is 1.41 bits per heavy atom. The average Bonchev–Trinajstić information content (AvgIpc) is 2.71. The number of aryl methyl sites for hydroxylation is 1. The number of aromatic nitrogens is 3. The van der Waals surface area contributed by atoms with Crippen LogP contribution in [0.1, 0.15) is 31.3 Å². The van der Waals surface area contributed by atoms with E-state index in [2.05, 4.69) is 39.9 Å². The fourth-order valence-corrected chi connectivity index (χ4v) is 1.87. The summed E-state index contributed by atoms with van der Waals surface area (Å²) in [5.41, 5.74) is 2.06. The van der Waals surface area contributed by atoms with E-state index < -0.39 is 0 Å². The van der Waals surface area contributed by atoms with Crippen molar-refractivity contribution in [3.05, 3.63) is 42.0 Å². The molecule has 1 unspecified atom stereocenters. The fourth-order valence-electron chi connectivity index (χ4n) is 1.87. The molecule has 2 rings (SSSR count). The molecule has 90 valence electrons. The smallest absolute Gasteiger partial charge is 0.203 e. The minimum absolute atomic E-state index is 0.187. The van der Waals surface area contributed by atoms with Crippen molar-refractivity contribution in [2.75, 3.05) is 11.9 Å². The molecule has 17 heavy (non-hydrogen) atoms. The first-order valence-corrected chi connectivity index (χ1v) is 5.92. The summed E-state index contributed by atoms with van der Waals surface area (Å²) in [5, 5.41) is 3.27. The molecule has 0 saturated heterocycles.